The molecular weight excluding hydrogens is 307 g/mol. The molecule has 118 valence electrons. The first-order valence-corrected chi connectivity index (χ1v) is 8.54. The minimum atomic E-state index is -0.0598. The van der Waals surface area contributed by atoms with Crippen LogP contribution < -0.4 is 9.47 Å². The first-order chi connectivity index (χ1) is 10.2. The molecule has 1 unspecified atom stereocenters. The molecule has 0 saturated heterocycles. The maximum absolute atomic E-state index is 6.76. The Labute approximate surface area is 137 Å². The predicted octanol–water partition coefficient (Wildman–Crippen LogP) is 6.00. The summed E-state index contributed by atoms with van der Waals surface area (Å²) in [7, 11) is 3.25. The van der Waals surface area contributed by atoms with Crippen molar-refractivity contribution < 1.29 is 9.47 Å². The van der Waals surface area contributed by atoms with E-state index in [1.54, 1.807) is 20.3 Å². The van der Waals surface area contributed by atoms with Crippen LogP contribution >= 0.6 is 23.2 Å². The predicted molar refractivity (Wildman–Crippen MR) is 89.0 cm³/mol. The van der Waals surface area contributed by atoms with Crippen LogP contribution in [-0.2, 0) is 0 Å². The van der Waals surface area contributed by atoms with Gasteiger partial charge in [-0.3, -0.25) is 0 Å². The summed E-state index contributed by atoms with van der Waals surface area (Å²) in [5, 5.41) is 0.602. The van der Waals surface area contributed by atoms with E-state index in [1.165, 1.54) is 44.9 Å². The Hall–Kier alpha value is -0.600. The summed E-state index contributed by atoms with van der Waals surface area (Å²) in [6.07, 6.45) is 8.88. The summed E-state index contributed by atoms with van der Waals surface area (Å²) in [6.45, 7) is 0. The summed E-state index contributed by atoms with van der Waals surface area (Å²) in [5.74, 6) is 1.82. The molecule has 1 aliphatic carbocycles. The van der Waals surface area contributed by atoms with E-state index in [1.807, 2.05) is 6.07 Å². The summed E-state index contributed by atoms with van der Waals surface area (Å²) in [6, 6.07) is 3.73. The highest BCUT2D eigenvalue weighted by atomic mass is 35.5. The normalized spacial score (nSPS) is 18.7. The number of hydrogen-bond donors (Lipinski definition) is 0. The van der Waals surface area contributed by atoms with Gasteiger partial charge in [0, 0.05) is 11.1 Å². The zero-order chi connectivity index (χ0) is 15.2. The topological polar surface area (TPSA) is 18.5 Å². The van der Waals surface area contributed by atoms with Gasteiger partial charge in [-0.1, -0.05) is 43.7 Å². The van der Waals surface area contributed by atoms with Crippen LogP contribution in [0.15, 0.2) is 12.1 Å². The van der Waals surface area contributed by atoms with Gasteiger partial charge in [0.15, 0.2) is 11.5 Å². The zero-order valence-electron chi connectivity index (χ0n) is 12.8. The summed E-state index contributed by atoms with van der Waals surface area (Å²) < 4.78 is 10.7. The lowest BCUT2D eigenvalue weighted by Crippen LogP contribution is -2.11. The second kappa shape index (κ2) is 8.14. The summed E-state index contributed by atoms with van der Waals surface area (Å²) >= 11 is 13.2. The lowest BCUT2D eigenvalue weighted by Gasteiger charge is -2.26. The minimum absolute atomic E-state index is 0.0598. The highest BCUT2D eigenvalue weighted by molar-refractivity contribution is 6.33. The van der Waals surface area contributed by atoms with Crippen molar-refractivity contribution in [1.82, 2.24) is 0 Å². The van der Waals surface area contributed by atoms with Crippen molar-refractivity contribution in [3.63, 3.8) is 0 Å². The van der Waals surface area contributed by atoms with Crippen molar-refractivity contribution in [1.29, 1.82) is 0 Å². The molecule has 0 spiro atoms. The molecular formula is C17H24Cl2O2. The van der Waals surface area contributed by atoms with Gasteiger partial charge in [-0.05, 0) is 30.4 Å². The average molecular weight is 331 g/mol. The molecule has 0 amide bonds. The maximum Gasteiger partial charge on any atom is 0.162 e. The van der Waals surface area contributed by atoms with Crippen LogP contribution in [0.25, 0.3) is 0 Å². The van der Waals surface area contributed by atoms with Crippen molar-refractivity contribution in [3.05, 3.63) is 22.7 Å². The third kappa shape index (κ3) is 4.20. The molecule has 0 aromatic heterocycles. The molecule has 1 fully saturated rings. The van der Waals surface area contributed by atoms with Crippen molar-refractivity contribution >= 4 is 23.2 Å². The minimum Gasteiger partial charge on any atom is -0.493 e. The van der Waals surface area contributed by atoms with E-state index in [9.17, 15) is 0 Å². The van der Waals surface area contributed by atoms with Gasteiger partial charge in [0.1, 0.15) is 0 Å². The Bertz CT molecular complexity index is 454. The maximum atomic E-state index is 6.76. The van der Waals surface area contributed by atoms with E-state index in [0.717, 1.165) is 5.56 Å². The molecule has 2 nitrogen and oxygen atoms in total. The number of methoxy groups -OCH3 is 2. The third-order valence-electron chi connectivity index (χ3n) is 4.36. The third-order valence-corrected chi connectivity index (χ3v) is 5.28. The molecule has 21 heavy (non-hydrogen) atoms. The second-order valence-electron chi connectivity index (χ2n) is 5.74. The number of benzene rings is 1. The van der Waals surface area contributed by atoms with Crippen LogP contribution in [0, 0.1) is 5.92 Å². The van der Waals surface area contributed by atoms with Gasteiger partial charge in [0.05, 0.1) is 19.6 Å². The Balaban J connectivity index is 2.22. The first kappa shape index (κ1) is 16.8. The van der Waals surface area contributed by atoms with Gasteiger partial charge in [-0.15, -0.1) is 11.6 Å². The Morgan fingerprint density at radius 3 is 2.05 bits per heavy atom. The molecule has 1 aromatic rings. The fourth-order valence-corrected chi connectivity index (χ4v) is 3.88. The molecule has 0 N–H and O–H groups in total. The first-order valence-electron chi connectivity index (χ1n) is 7.73. The van der Waals surface area contributed by atoms with E-state index in [0.29, 0.717) is 22.4 Å². The SMILES string of the molecule is COc1cc(Cl)c(C(Cl)C2CCCCCCC2)cc1OC. The van der Waals surface area contributed by atoms with Crippen molar-refractivity contribution in [2.75, 3.05) is 14.2 Å². The van der Waals surface area contributed by atoms with Crippen molar-refractivity contribution in [2.24, 2.45) is 5.92 Å². The van der Waals surface area contributed by atoms with E-state index >= 15 is 0 Å². The standard InChI is InChI=1S/C17H24Cl2O2/c1-20-15-10-13(14(18)11-16(15)21-2)17(19)12-8-6-4-3-5-7-9-12/h10-12,17H,3-9H2,1-2H3. The number of ether oxygens (including phenoxy) is 2. The van der Waals surface area contributed by atoms with Gasteiger partial charge in [-0.2, -0.15) is 0 Å². The van der Waals surface area contributed by atoms with Crippen LogP contribution in [0.5, 0.6) is 11.5 Å². The highest BCUT2D eigenvalue weighted by Crippen LogP contribution is 2.43. The van der Waals surface area contributed by atoms with Gasteiger partial charge in [0.25, 0.3) is 0 Å². The summed E-state index contributed by atoms with van der Waals surface area (Å²) in [4.78, 5) is 0. The Morgan fingerprint density at radius 1 is 0.952 bits per heavy atom. The van der Waals surface area contributed by atoms with Crippen LogP contribution in [0.2, 0.25) is 5.02 Å². The fourth-order valence-electron chi connectivity index (χ4n) is 3.12. The van der Waals surface area contributed by atoms with Gasteiger partial charge in [-0.25, -0.2) is 0 Å². The Morgan fingerprint density at radius 2 is 1.48 bits per heavy atom. The molecule has 4 heteroatoms. The summed E-state index contributed by atoms with van der Waals surface area (Å²) in [5.41, 5.74) is 0.960. The van der Waals surface area contributed by atoms with Crippen molar-refractivity contribution in [2.45, 2.75) is 50.3 Å². The largest absolute Gasteiger partial charge is 0.493 e. The molecule has 2 rings (SSSR count). The average Bonchev–Trinajstić information content (AvgIpc) is 2.46. The highest BCUT2D eigenvalue weighted by Gasteiger charge is 2.25. The molecule has 1 atom stereocenters. The van der Waals surface area contributed by atoms with Crippen LogP contribution in [0.4, 0.5) is 0 Å². The molecule has 0 radical (unpaired) electrons. The number of rotatable bonds is 4. The number of alkyl halides is 1. The van der Waals surface area contributed by atoms with Gasteiger partial charge >= 0.3 is 0 Å². The van der Waals surface area contributed by atoms with Crippen LogP contribution in [0.3, 0.4) is 0 Å². The van der Waals surface area contributed by atoms with Gasteiger partial charge < -0.3 is 9.47 Å². The van der Waals surface area contributed by atoms with E-state index in [-0.39, 0.29) is 5.38 Å². The Kier molecular flexibility index (Phi) is 6.50. The van der Waals surface area contributed by atoms with E-state index < -0.39 is 0 Å². The van der Waals surface area contributed by atoms with Crippen LogP contribution in [0.1, 0.15) is 55.9 Å². The van der Waals surface area contributed by atoms with Gasteiger partial charge in [0.2, 0.25) is 0 Å². The lowest BCUT2D eigenvalue weighted by molar-refractivity contribution is 0.351. The quantitative estimate of drug-likeness (QED) is 0.630. The molecule has 1 aromatic carbocycles. The molecule has 0 bridgehead atoms. The zero-order valence-corrected chi connectivity index (χ0v) is 14.3. The lowest BCUT2D eigenvalue weighted by atomic mass is 9.86. The van der Waals surface area contributed by atoms with E-state index in [2.05, 4.69) is 0 Å². The monoisotopic (exact) mass is 330 g/mol. The smallest absolute Gasteiger partial charge is 0.162 e. The molecule has 1 aliphatic rings. The second-order valence-corrected chi connectivity index (χ2v) is 6.61. The molecule has 1 saturated carbocycles. The van der Waals surface area contributed by atoms with E-state index in [4.69, 9.17) is 32.7 Å². The molecule has 0 aliphatic heterocycles. The molecule has 0 heterocycles. The van der Waals surface area contributed by atoms with Crippen LogP contribution in [-0.4, -0.2) is 14.2 Å². The number of hydrogen-bond acceptors (Lipinski definition) is 2. The van der Waals surface area contributed by atoms with Crippen molar-refractivity contribution in [3.8, 4) is 11.5 Å². The fraction of sp³-hybridized carbons (Fsp3) is 0.647. The number of halogens is 2.